The molecule has 5 heteroatoms. The van der Waals surface area contributed by atoms with Crippen LogP contribution in [0, 0.1) is 5.92 Å². The second kappa shape index (κ2) is 8.37. The van der Waals surface area contributed by atoms with Crippen molar-refractivity contribution < 1.29 is 19.4 Å². The van der Waals surface area contributed by atoms with Crippen LogP contribution in [0.15, 0.2) is 0 Å². The van der Waals surface area contributed by atoms with Crippen molar-refractivity contribution in [1.82, 2.24) is 4.90 Å². The molecule has 1 atom stereocenters. The molecule has 120 valence electrons. The molecule has 2 heterocycles. The van der Waals surface area contributed by atoms with Crippen molar-refractivity contribution in [3.63, 3.8) is 0 Å². The van der Waals surface area contributed by atoms with Crippen LogP contribution in [0.3, 0.4) is 0 Å². The van der Waals surface area contributed by atoms with Crippen LogP contribution in [-0.4, -0.2) is 47.7 Å². The summed E-state index contributed by atoms with van der Waals surface area (Å²) in [6.07, 6.45) is 7.55. The summed E-state index contributed by atoms with van der Waals surface area (Å²) in [6.45, 7) is 2.45. The molecule has 1 unspecified atom stereocenters. The number of piperidine rings is 1. The second-order valence-corrected chi connectivity index (χ2v) is 6.26. The molecule has 2 saturated heterocycles. The summed E-state index contributed by atoms with van der Waals surface area (Å²) in [5.41, 5.74) is 0. The Kier molecular flexibility index (Phi) is 6.49. The Morgan fingerprint density at radius 1 is 1.05 bits per heavy atom. The van der Waals surface area contributed by atoms with Crippen LogP contribution >= 0.6 is 0 Å². The highest BCUT2D eigenvalue weighted by Crippen LogP contribution is 2.24. The zero-order valence-corrected chi connectivity index (χ0v) is 12.8. The number of amides is 1. The van der Waals surface area contributed by atoms with E-state index < -0.39 is 5.97 Å². The summed E-state index contributed by atoms with van der Waals surface area (Å²) in [6, 6.07) is 0.136. The molecule has 2 aliphatic heterocycles. The molecule has 1 N–H and O–H groups in total. The average molecular weight is 297 g/mol. The van der Waals surface area contributed by atoms with E-state index in [1.165, 1.54) is 0 Å². The van der Waals surface area contributed by atoms with Crippen molar-refractivity contribution in [3.8, 4) is 0 Å². The lowest BCUT2D eigenvalue weighted by molar-refractivity contribution is -0.140. The van der Waals surface area contributed by atoms with E-state index in [0.717, 1.165) is 58.3 Å². The molecule has 2 fully saturated rings. The number of nitrogens with zero attached hydrogens (tertiary/aromatic N) is 1. The fraction of sp³-hybridized carbons (Fsp3) is 0.875. The van der Waals surface area contributed by atoms with Gasteiger partial charge in [-0.05, 0) is 50.9 Å². The van der Waals surface area contributed by atoms with E-state index in [2.05, 4.69) is 0 Å². The van der Waals surface area contributed by atoms with E-state index in [1.807, 2.05) is 4.90 Å². The Labute approximate surface area is 126 Å². The standard InChI is InChI=1S/C16H27NO4/c18-15(6-4-13-8-11-21-12-9-13)17-10-2-1-3-14(17)5-7-16(19)20/h13-14H,1-12H2,(H,19,20). The van der Waals surface area contributed by atoms with Crippen molar-refractivity contribution in [3.05, 3.63) is 0 Å². The van der Waals surface area contributed by atoms with Gasteiger partial charge in [-0.2, -0.15) is 0 Å². The van der Waals surface area contributed by atoms with Gasteiger partial charge < -0.3 is 14.7 Å². The van der Waals surface area contributed by atoms with Gasteiger partial charge >= 0.3 is 5.97 Å². The lowest BCUT2D eigenvalue weighted by Crippen LogP contribution is -2.44. The number of rotatable bonds is 6. The smallest absolute Gasteiger partial charge is 0.303 e. The fourth-order valence-corrected chi connectivity index (χ4v) is 3.43. The largest absolute Gasteiger partial charge is 0.481 e. The van der Waals surface area contributed by atoms with Crippen molar-refractivity contribution >= 4 is 11.9 Å². The number of carbonyl (C=O) groups excluding carboxylic acids is 1. The third-order valence-electron chi connectivity index (χ3n) is 4.75. The van der Waals surface area contributed by atoms with Gasteiger partial charge in [0, 0.05) is 38.6 Å². The molecule has 0 radical (unpaired) electrons. The molecule has 0 bridgehead atoms. The first kappa shape index (κ1) is 16.3. The molecule has 0 aromatic rings. The summed E-state index contributed by atoms with van der Waals surface area (Å²) in [5, 5.41) is 8.83. The minimum Gasteiger partial charge on any atom is -0.481 e. The maximum atomic E-state index is 12.4. The molecule has 0 saturated carbocycles. The Balaban J connectivity index is 1.78. The first-order chi connectivity index (χ1) is 10.2. The topological polar surface area (TPSA) is 66.8 Å². The number of aliphatic carboxylic acids is 1. The Hall–Kier alpha value is -1.10. The zero-order valence-electron chi connectivity index (χ0n) is 12.8. The van der Waals surface area contributed by atoms with Gasteiger partial charge in [-0.3, -0.25) is 9.59 Å². The molecule has 5 nitrogen and oxygen atoms in total. The highest BCUT2D eigenvalue weighted by atomic mass is 16.5. The number of hydrogen-bond donors (Lipinski definition) is 1. The summed E-state index contributed by atoms with van der Waals surface area (Å²) in [5.74, 6) is 0.0664. The van der Waals surface area contributed by atoms with E-state index >= 15 is 0 Å². The van der Waals surface area contributed by atoms with Crippen LogP contribution in [0.25, 0.3) is 0 Å². The molecule has 0 aromatic carbocycles. The molecule has 0 spiro atoms. The first-order valence-corrected chi connectivity index (χ1v) is 8.26. The molecular weight excluding hydrogens is 270 g/mol. The third kappa shape index (κ3) is 5.30. The van der Waals surface area contributed by atoms with Gasteiger partial charge in [0.1, 0.15) is 0 Å². The maximum absolute atomic E-state index is 12.4. The van der Waals surface area contributed by atoms with E-state index in [9.17, 15) is 9.59 Å². The van der Waals surface area contributed by atoms with Crippen LogP contribution in [-0.2, 0) is 14.3 Å². The Morgan fingerprint density at radius 3 is 2.52 bits per heavy atom. The molecule has 21 heavy (non-hydrogen) atoms. The first-order valence-electron chi connectivity index (χ1n) is 8.26. The minimum atomic E-state index is -0.768. The SMILES string of the molecule is O=C(O)CCC1CCCCN1C(=O)CCC1CCOCC1. The maximum Gasteiger partial charge on any atom is 0.303 e. The number of carboxylic acids is 1. The van der Waals surface area contributed by atoms with Crippen molar-refractivity contribution in [2.75, 3.05) is 19.8 Å². The number of carbonyl (C=O) groups is 2. The van der Waals surface area contributed by atoms with E-state index in [-0.39, 0.29) is 18.4 Å². The summed E-state index contributed by atoms with van der Waals surface area (Å²) < 4.78 is 5.34. The van der Waals surface area contributed by atoms with E-state index in [0.29, 0.717) is 18.8 Å². The minimum absolute atomic E-state index is 0.136. The molecule has 2 rings (SSSR count). The van der Waals surface area contributed by atoms with Crippen LogP contribution in [0.2, 0.25) is 0 Å². The quantitative estimate of drug-likeness (QED) is 0.817. The van der Waals surface area contributed by atoms with E-state index in [4.69, 9.17) is 9.84 Å². The highest BCUT2D eigenvalue weighted by Gasteiger charge is 2.27. The number of hydrogen-bond acceptors (Lipinski definition) is 3. The van der Waals surface area contributed by atoms with E-state index in [1.54, 1.807) is 0 Å². The lowest BCUT2D eigenvalue weighted by Gasteiger charge is -2.36. The van der Waals surface area contributed by atoms with Crippen LogP contribution in [0.4, 0.5) is 0 Å². The Morgan fingerprint density at radius 2 is 1.81 bits per heavy atom. The van der Waals surface area contributed by atoms with Gasteiger partial charge in [0.25, 0.3) is 0 Å². The molecule has 1 amide bonds. The zero-order chi connectivity index (χ0) is 15.1. The number of ether oxygens (including phenoxy) is 1. The van der Waals surface area contributed by atoms with Gasteiger partial charge in [0.05, 0.1) is 0 Å². The number of likely N-dealkylation sites (tertiary alicyclic amines) is 1. The lowest BCUT2D eigenvalue weighted by atomic mass is 9.93. The summed E-state index contributed by atoms with van der Waals surface area (Å²) in [7, 11) is 0. The van der Waals surface area contributed by atoms with Gasteiger partial charge in [0.2, 0.25) is 5.91 Å². The van der Waals surface area contributed by atoms with Gasteiger partial charge in [-0.15, -0.1) is 0 Å². The predicted octanol–water partition coefficient (Wildman–Crippen LogP) is 2.44. The number of carboxylic acid groups (broad SMARTS) is 1. The van der Waals surface area contributed by atoms with Gasteiger partial charge in [-0.1, -0.05) is 0 Å². The van der Waals surface area contributed by atoms with Crippen molar-refractivity contribution in [2.45, 2.75) is 63.8 Å². The van der Waals surface area contributed by atoms with Gasteiger partial charge in [0.15, 0.2) is 0 Å². The molecule has 0 aliphatic carbocycles. The monoisotopic (exact) mass is 297 g/mol. The summed E-state index contributed by atoms with van der Waals surface area (Å²) >= 11 is 0. The normalized spacial score (nSPS) is 24.0. The molecule has 0 aromatic heterocycles. The average Bonchev–Trinajstić information content (AvgIpc) is 2.52. The van der Waals surface area contributed by atoms with Crippen molar-refractivity contribution in [2.24, 2.45) is 5.92 Å². The summed E-state index contributed by atoms with van der Waals surface area (Å²) in [4.78, 5) is 25.1. The fourth-order valence-electron chi connectivity index (χ4n) is 3.43. The van der Waals surface area contributed by atoms with Crippen LogP contribution < -0.4 is 0 Å². The predicted molar refractivity (Wildman–Crippen MR) is 79.0 cm³/mol. The molecular formula is C16H27NO4. The molecule has 2 aliphatic rings. The van der Waals surface area contributed by atoms with Crippen LogP contribution in [0.5, 0.6) is 0 Å². The third-order valence-corrected chi connectivity index (χ3v) is 4.75. The van der Waals surface area contributed by atoms with Crippen LogP contribution in [0.1, 0.15) is 57.8 Å². The van der Waals surface area contributed by atoms with Crippen molar-refractivity contribution in [1.29, 1.82) is 0 Å². The highest BCUT2D eigenvalue weighted by molar-refractivity contribution is 5.76. The second-order valence-electron chi connectivity index (χ2n) is 6.26. The Bertz CT molecular complexity index is 352. The van der Waals surface area contributed by atoms with Gasteiger partial charge in [-0.25, -0.2) is 0 Å².